The third-order valence-corrected chi connectivity index (χ3v) is 5.45. The summed E-state index contributed by atoms with van der Waals surface area (Å²) in [6, 6.07) is 13.8. The molecule has 128 valence electrons. The molecule has 1 aromatic heterocycles. The highest BCUT2D eigenvalue weighted by Gasteiger charge is 2.17. The van der Waals surface area contributed by atoms with Crippen molar-refractivity contribution in [2.75, 3.05) is 4.72 Å². The van der Waals surface area contributed by atoms with E-state index in [0.717, 1.165) is 5.56 Å². The molecule has 0 saturated carbocycles. The van der Waals surface area contributed by atoms with Gasteiger partial charge in [0.05, 0.1) is 10.6 Å². The van der Waals surface area contributed by atoms with Crippen LogP contribution in [0.15, 0.2) is 70.3 Å². The minimum Gasteiger partial charge on any atom is -0.279 e. The smallest absolute Gasteiger partial charge is 0.261 e. The number of halogens is 2. The van der Waals surface area contributed by atoms with Crippen molar-refractivity contribution in [2.45, 2.75) is 11.8 Å². The average Bonchev–Trinajstić information content (AvgIpc) is 2.57. The Morgan fingerprint density at radius 2 is 1.76 bits per heavy atom. The molecular weight excluding hydrogens is 407 g/mol. The molecule has 2 aromatic carbocycles. The van der Waals surface area contributed by atoms with E-state index in [-0.39, 0.29) is 10.6 Å². The van der Waals surface area contributed by atoms with E-state index < -0.39 is 15.8 Å². The zero-order valence-electron chi connectivity index (χ0n) is 13.2. The first-order valence-electron chi connectivity index (χ1n) is 7.36. The lowest BCUT2D eigenvalue weighted by atomic mass is 10.1. The van der Waals surface area contributed by atoms with Gasteiger partial charge in [0.1, 0.15) is 10.4 Å². The van der Waals surface area contributed by atoms with E-state index in [2.05, 4.69) is 25.6 Å². The summed E-state index contributed by atoms with van der Waals surface area (Å²) >= 11 is 3.24. The maximum absolute atomic E-state index is 13.7. The zero-order chi connectivity index (χ0) is 18.0. The van der Waals surface area contributed by atoms with Crippen molar-refractivity contribution in [1.29, 1.82) is 0 Å². The number of aryl methyl sites for hydroxylation is 1. The van der Waals surface area contributed by atoms with E-state index >= 15 is 0 Å². The normalized spacial score (nSPS) is 11.3. The average molecular weight is 421 g/mol. The summed E-state index contributed by atoms with van der Waals surface area (Å²) in [6.07, 6.45) is 1.54. The van der Waals surface area contributed by atoms with E-state index in [4.69, 9.17) is 0 Å². The molecule has 3 aromatic rings. The number of rotatable bonds is 4. The molecule has 0 saturated heterocycles. The van der Waals surface area contributed by atoms with Crippen LogP contribution in [0, 0.1) is 12.7 Å². The molecule has 0 unspecified atom stereocenters. The predicted molar refractivity (Wildman–Crippen MR) is 99.3 cm³/mol. The highest BCUT2D eigenvalue weighted by atomic mass is 79.9. The molecule has 1 heterocycles. The molecule has 0 radical (unpaired) electrons. The van der Waals surface area contributed by atoms with Gasteiger partial charge in [-0.2, -0.15) is 0 Å². The minimum absolute atomic E-state index is 0.141. The number of benzene rings is 2. The third-order valence-electron chi connectivity index (χ3n) is 3.60. The second-order valence-corrected chi connectivity index (χ2v) is 7.97. The zero-order valence-corrected chi connectivity index (χ0v) is 15.6. The van der Waals surface area contributed by atoms with Crippen LogP contribution in [0.25, 0.3) is 11.1 Å². The summed E-state index contributed by atoms with van der Waals surface area (Å²) in [7, 11) is -3.78. The molecule has 0 fully saturated rings. The molecule has 0 bridgehead atoms. The lowest BCUT2D eigenvalue weighted by Crippen LogP contribution is -2.13. The van der Waals surface area contributed by atoms with Gasteiger partial charge < -0.3 is 0 Å². The molecular formula is C18H14BrFN2O2S. The van der Waals surface area contributed by atoms with Crippen molar-refractivity contribution in [3.05, 3.63) is 76.8 Å². The van der Waals surface area contributed by atoms with Gasteiger partial charge in [-0.05, 0) is 59.3 Å². The number of nitrogens with zero attached hydrogens (tertiary/aromatic N) is 1. The van der Waals surface area contributed by atoms with Crippen molar-refractivity contribution in [3.8, 4) is 11.1 Å². The van der Waals surface area contributed by atoms with Gasteiger partial charge in [0.25, 0.3) is 10.0 Å². The van der Waals surface area contributed by atoms with Crippen molar-refractivity contribution >= 4 is 31.6 Å². The summed E-state index contributed by atoms with van der Waals surface area (Å²) in [5, 5.41) is 0. The van der Waals surface area contributed by atoms with Gasteiger partial charge in [-0.15, -0.1) is 0 Å². The van der Waals surface area contributed by atoms with Crippen LogP contribution in [0.5, 0.6) is 0 Å². The van der Waals surface area contributed by atoms with Crippen LogP contribution in [0.1, 0.15) is 5.56 Å². The number of sulfonamides is 1. The van der Waals surface area contributed by atoms with Crippen molar-refractivity contribution in [1.82, 2.24) is 4.98 Å². The second-order valence-electron chi connectivity index (χ2n) is 5.48. The summed E-state index contributed by atoms with van der Waals surface area (Å²) in [5.41, 5.74) is 2.26. The fraction of sp³-hybridized carbons (Fsp3) is 0.0556. The Morgan fingerprint density at radius 3 is 2.40 bits per heavy atom. The lowest BCUT2D eigenvalue weighted by molar-refractivity contribution is 0.601. The number of nitrogens with one attached hydrogen (secondary N) is 1. The van der Waals surface area contributed by atoms with Crippen LogP contribution in [-0.2, 0) is 10.0 Å². The Kier molecular flexibility index (Phi) is 4.87. The predicted octanol–water partition coefficient (Wildman–Crippen LogP) is 4.76. The molecule has 7 heteroatoms. The molecule has 0 spiro atoms. The van der Waals surface area contributed by atoms with Crippen LogP contribution in [-0.4, -0.2) is 13.4 Å². The first-order chi connectivity index (χ1) is 11.8. The van der Waals surface area contributed by atoms with Crippen LogP contribution in [0.4, 0.5) is 10.1 Å². The van der Waals surface area contributed by atoms with Crippen molar-refractivity contribution in [3.63, 3.8) is 0 Å². The quantitative estimate of drug-likeness (QED) is 0.618. The highest BCUT2D eigenvalue weighted by Crippen LogP contribution is 2.30. The van der Waals surface area contributed by atoms with E-state index in [0.29, 0.717) is 15.7 Å². The van der Waals surface area contributed by atoms with Crippen molar-refractivity contribution < 1.29 is 12.8 Å². The molecule has 0 aliphatic carbocycles. The molecule has 0 atom stereocenters. The fourth-order valence-corrected chi connectivity index (χ4v) is 3.61. The van der Waals surface area contributed by atoms with Gasteiger partial charge in [-0.3, -0.25) is 4.72 Å². The Labute approximate surface area is 153 Å². The van der Waals surface area contributed by atoms with Crippen LogP contribution >= 0.6 is 15.9 Å². The summed E-state index contributed by atoms with van der Waals surface area (Å²) in [5.74, 6) is -0.462. The molecule has 4 nitrogen and oxygen atoms in total. The monoisotopic (exact) mass is 420 g/mol. The van der Waals surface area contributed by atoms with Gasteiger partial charge in [0.2, 0.25) is 0 Å². The van der Waals surface area contributed by atoms with Crippen molar-refractivity contribution in [2.24, 2.45) is 0 Å². The number of aromatic nitrogens is 1. The van der Waals surface area contributed by atoms with E-state index in [9.17, 15) is 12.8 Å². The summed E-state index contributed by atoms with van der Waals surface area (Å²) < 4.78 is 42.1. The van der Waals surface area contributed by atoms with Gasteiger partial charge in [-0.25, -0.2) is 17.8 Å². The lowest BCUT2D eigenvalue weighted by Gasteiger charge is -2.13. The summed E-state index contributed by atoms with van der Waals surface area (Å²) in [4.78, 5) is 4.25. The van der Waals surface area contributed by atoms with Crippen LogP contribution in [0.2, 0.25) is 0 Å². The Balaban J connectivity index is 2.03. The number of hydrogen-bond acceptors (Lipinski definition) is 3. The standard InChI is InChI=1S/C18H14BrFN2O2S/c1-12-2-6-15(7-3-12)25(23,24)22-17-8-5-14(20)10-16(17)13-4-9-18(19)21-11-13/h2-11,22H,1H3. The Bertz CT molecular complexity index is 1000. The fourth-order valence-electron chi connectivity index (χ4n) is 2.30. The second kappa shape index (κ2) is 6.93. The summed E-state index contributed by atoms with van der Waals surface area (Å²) in [6.45, 7) is 1.88. The maximum Gasteiger partial charge on any atom is 0.261 e. The van der Waals surface area contributed by atoms with Gasteiger partial charge in [0, 0.05) is 17.3 Å². The van der Waals surface area contributed by atoms with E-state index in [1.807, 2.05) is 6.92 Å². The first kappa shape index (κ1) is 17.6. The maximum atomic E-state index is 13.7. The highest BCUT2D eigenvalue weighted by molar-refractivity contribution is 9.10. The topological polar surface area (TPSA) is 59.1 Å². The Morgan fingerprint density at radius 1 is 1.04 bits per heavy atom. The molecule has 25 heavy (non-hydrogen) atoms. The third kappa shape index (κ3) is 4.05. The number of pyridine rings is 1. The molecule has 1 N–H and O–H groups in total. The molecule has 0 aliphatic heterocycles. The largest absolute Gasteiger partial charge is 0.279 e. The number of hydrogen-bond donors (Lipinski definition) is 1. The minimum atomic E-state index is -3.78. The molecule has 0 amide bonds. The number of anilines is 1. The first-order valence-corrected chi connectivity index (χ1v) is 9.64. The van der Waals surface area contributed by atoms with Gasteiger partial charge in [0.15, 0.2) is 0 Å². The molecule has 3 rings (SSSR count). The van der Waals surface area contributed by atoms with Crippen LogP contribution < -0.4 is 4.72 Å². The van der Waals surface area contributed by atoms with E-state index in [1.54, 1.807) is 30.5 Å². The van der Waals surface area contributed by atoms with Crippen LogP contribution in [0.3, 0.4) is 0 Å². The van der Waals surface area contributed by atoms with Gasteiger partial charge >= 0.3 is 0 Å². The van der Waals surface area contributed by atoms with Gasteiger partial charge in [-0.1, -0.05) is 23.8 Å². The molecule has 0 aliphatic rings. The van der Waals surface area contributed by atoms with E-state index in [1.165, 1.54) is 30.3 Å². The SMILES string of the molecule is Cc1ccc(S(=O)(=O)Nc2ccc(F)cc2-c2ccc(Br)nc2)cc1. The Hall–Kier alpha value is -2.25.